The number of nitrogens with one attached hydrogen (secondary N) is 1. The molecule has 3 N–H and O–H groups in total. The fourth-order valence-corrected chi connectivity index (χ4v) is 3.49. The standard InChI is InChI=1S/C19H27N3O4.ClH/c1-3-19(4-2,12-20)21-17(23)14-7-8-22(18(14)24)13-5-6-15-16(11-13)26-10-9-25-15;/h5-6,11,14H,3-4,7-10,12,20H2,1-2H3,(H,21,23);1H. The van der Waals surface area contributed by atoms with Crippen LogP contribution in [0.5, 0.6) is 11.5 Å². The summed E-state index contributed by atoms with van der Waals surface area (Å²) in [7, 11) is 0. The van der Waals surface area contributed by atoms with Gasteiger partial charge in [-0.25, -0.2) is 0 Å². The summed E-state index contributed by atoms with van der Waals surface area (Å²) in [5.74, 6) is 0.224. The van der Waals surface area contributed by atoms with Crippen LogP contribution in [0.15, 0.2) is 18.2 Å². The van der Waals surface area contributed by atoms with E-state index >= 15 is 0 Å². The maximum atomic E-state index is 12.8. The van der Waals surface area contributed by atoms with Gasteiger partial charge in [0, 0.05) is 24.8 Å². The van der Waals surface area contributed by atoms with Gasteiger partial charge in [-0.15, -0.1) is 12.4 Å². The Morgan fingerprint density at radius 2 is 1.93 bits per heavy atom. The van der Waals surface area contributed by atoms with Crippen molar-refractivity contribution < 1.29 is 19.1 Å². The number of anilines is 1. The molecule has 1 aromatic rings. The van der Waals surface area contributed by atoms with Crippen molar-refractivity contribution in [1.82, 2.24) is 5.32 Å². The maximum absolute atomic E-state index is 12.8. The maximum Gasteiger partial charge on any atom is 0.239 e. The molecule has 7 nitrogen and oxygen atoms in total. The second-order valence-corrected chi connectivity index (χ2v) is 6.84. The molecule has 1 fully saturated rings. The van der Waals surface area contributed by atoms with Crippen LogP contribution >= 0.6 is 12.4 Å². The average molecular weight is 398 g/mol. The molecule has 150 valence electrons. The van der Waals surface area contributed by atoms with Gasteiger partial charge in [-0.3, -0.25) is 9.59 Å². The molecule has 27 heavy (non-hydrogen) atoms. The second kappa shape index (κ2) is 8.80. The van der Waals surface area contributed by atoms with E-state index in [0.29, 0.717) is 44.2 Å². The first-order valence-electron chi connectivity index (χ1n) is 9.26. The van der Waals surface area contributed by atoms with E-state index in [-0.39, 0.29) is 24.2 Å². The van der Waals surface area contributed by atoms with Crippen LogP contribution in [0.1, 0.15) is 33.1 Å². The summed E-state index contributed by atoms with van der Waals surface area (Å²) < 4.78 is 11.1. The lowest BCUT2D eigenvalue weighted by Crippen LogP contribution is -2.55. The van der Waals surface area contributed by atoms with E-state index in [1.54, 1.807) is 17.0 Å². The van der Waals surface area contributed by atoms with E-state index in [0.717, 1.165) is 18.5 Å². The fourth-order valence-electron chi connectivity index (χ4n) is 3.49. The summed E-state index contributed by atoms with van der Waals surface area (Å²) in [6.45, 7) is 5.87. The molecule has 2 aliphatic rings. The summed E-state index contributed by atoms with van der Waals surface area (Å²) in [5, 5.41) is 3.02. The minimum Gasteiger partial charge on any atom is -0.486 e. The highest BCUT2D eigenvalue weighted by atomic mass is 35.5. The molecule has 0 bridgehead atoms. The van der Waals surface area contributed by atoms with Crippen LogP contribution in [-0.2, 0) is 9.59 Å². The number of rotatable bonds is 6. The predicted octanol–water partition coefficient (Wildman–Crippen LogP) is 1.87. The Morgan fingerprint density at radius 3 is 2.56 bits per heavy atom. The quantitative estimate of drug-likeness (QED) is 0.714. The number of fused-ring (bicyclic) bond motifs is 1. The van der Waals surface area contributed by atoms with Gasteiger partial charge in [0.2, 0.25) is 11.8 Å². The lowest BCUT2D eigenvalue weighted by atomic mass is 9.91. The second-order valence-electron chi connectivity index (χ2n) is 6.84. The summed E-state index contributed by atoms with van der Waals surface area (Å²) in [4.78, 5) is 27.2. The Hall–Kier alpha value is -1.99. The molecule has 0 radical (unpaired) electrons. The van der Waals surface area contributed by atoms with E-state index in [1.165, 1.54) is 0 Å². The first-order chi connectivity index (χ1) is 12.5. The van der Waals surface area contributed by atoms with Crippen molar-refractivity contribution >= 4 is 29.9 Å². The molecule has 1 aromatic carbocycles. The number of carbonyl (C=O) groups is 2. The van der Waals surface area contributed by atoms with Crippen molar-refractivity contribution in [1.29, 1.82) is 0 Å². The molecule has 2 amide bonds. The number of amides is 2. The van der Waals surface area contributed by atoms with Crippen molar-refractivity contribution in [3.05, 3.63) is 18.2 Å². The Balaban J connectivity index is 0.00000261. The molecule has 1 unspecified atom stereocenters. The van der Waals surface area contributed by atoms with E-state index in [9.17, 15) is 9.59 Å². The molecule has 3 rings (SSSR count). The molecule has 8 heteroatoms. The third kappa shape index (κ3) is 4.14. The van der Waals surface area contributed by atoms with E-state index in [1.807, 2.05) is 19.9 Å². The Labute approximate surface area is 166 Å². The van der Waals surface area contributed by atoms with Crippen molar-refractivity contribution in [3.63, 3.8) is 0 Å². The summed E-state index contributed by atoms with van der Waals surface area (Å²) in [6, 6.07) is 5.43. The van der Waals surface area contributed by atoms with Crippen molar-refractivity contribution in [2.75, 3.05) is 31.2 Å². The highest BCUT2D eigenvalue weighted by Gasteiger charge is 2.40. The first kappa shape index (κ1) is 21.3. The van der Waals surface area contributed by atoms with Crippen LogP contribution in [0.4, 0.5) is 5.69 Å². The van der Waals surface area contributed by atoms with Gasteiger partial charge in [-0.05, 0) is 31.4 Å². The number of halogens is 1. The number of benzene rings is 1. The van der Waals surface area contributed by atoms with Crippen LogP contribution in [0.2, 0.25) is 0 Å². The molecule has 2 aliphatic heterocycles. The lowest BCUT2D eigenvalue weighted by Gasteiger charge is -2.32. The SMILES string of the molecule is CCC(CC)(CN)NC(=O)C1CCN(c2ccc3c(c2)OCCO3)C1=O.Cl. The zero-order valence-electron chi connectivity index (χ0n) is 15.8. The van der Waals surface area contributed by atoms with E-state index in [2.05, 4.69) is 5.32 Å². The molecule has 0 saturated carbocycles. The topological polar surface area (TPSA) is 93.9 Å². The number of hydrogen-bond donors (Lipinski definition) is 2. The van der Waals surface area contributed by atoms with Gasteiger partial charge in [-0.1, -0.05) is 13.8 Å². The van der Waals surface area contributed by atoms with Crippen LogP contribution < -0.4 is 25.4 Å². The molecular formula is C19H28ClN3O4. The summed E-state index contributed by atoms with van der Waals surface area (Å²) in [6.07, 6.45) is 1.96. The third-order valence-corrected chi connectivity index (χ3v) is 5.49. The average Bonchev–Trinajstić information content (AvgIpc) is 3.07. The third-order valence-electron chi connectivity index (χ3n) is 5.49. The van der Waals surface area contributed by atoms with Crippen LogP contribution in [0.3, 0.4) is 0 Å². The zero-order chi connectivity index (χ0) is 18.7. The minimum atomic E-state index is -0.674. The highest BCUT2D eigenvalue weighted by molar-refractivity contribution is 6.09. The first-order valence-corrected chi connectivity index (χ1v) is 9.26. The smallest absolute Gasteiger partial charge is 0.239 e. The summed E-state index contributed by atoms with van der Waals surface area (Å²) in [5.41, 5.74) is 6.14. The van der Waals surface area contributed by atoms with E-state index < -0.39 is 11.5 Å². The van der Waals surface area contributed by atoms with Crippen LogP contribution in [-0.4, -0.2) is 43.7 Å². The highest BCUT2D eigenvalue weighted by Crippen LogP contribution is 2.36. The number of hydrogen-bond acceptors (Lipinski definition) is 5. The Bertz CT molecular complexity index is 685. The molecule has 0 aromatic heterocycles. The number of nitrogens with two attached hydrogens (primary N) is 1. The fraction of sp³-hybridized carbons (Fsp3) is 0.579. The van der Waals surface area contributed by atoms with Crippen molar-refractivity contribution in [3.8, 4) is 11.5 Å². The molecule has 2 heterocycles. The normalized spacial score (nSPS) is 18.9. The molecule has 0 spiro atoms. The Morgan fingerprint density at radius 1 is 1.26 bits per heavy atom. The van der Waals surface area contributed by atoms with Gasteiger partial charge in [-0.2, -0.15) is 0 Å². The zero-order valence-corrected chi connectivity index (χ0v) is 16.6. The van der Waals surface area contributed by atoms with Crippen molar-refractivity contribution in [2.24, 2.45) is 11.7 Å². The van der Waals surface area contributed by atoms with Gasteiger partial charge in [0.1, 0.15) is 19.1 Å². The Kier molecular flexibility index (Phi) is 6.95. The van der Waals surface area contributed by atoms with Crippen LogP contribution in [0.25, 0.3) is 0 Å². The van der Waals surface area contributed by atoms with Crippen molar-refractivity contribution in [2.45, 2.75) is 38.6 Å². The monoisotopic (exact) mass is 397 g/mol. The van der Waals surface area contributed by atoms with E-state index in [4.69, 9.17) is 15.2 Å². The largest absolute Gasteiger partial charge is 0.486 e. The molecule has 0 aliphatic carbocycles. The summed E-state index contributed by atoms with van der Waals surface area (Å²) >= 11 is 0. The molecule has 1 atom stereocenters. The predicted molar refractivity (Wildman–Crippen MR) is 106 cm³/mol. The number of ether oxygens (including phenoxy) is 2. The number of carbonyl (C=O) groups excluding carboxylic acids is 2. The van der Waals surface area contributed by atoms with Gasteiger partial charge in [0.25, 0.3) is 0 Å². The van der Waals surface area contributed by atoms with Gasteiger partial charge >= 0.3 is 0 Å². The lowest BCUT2D eigenvalue weighted by molar-refractivity contribution is -0.133. The van der Waals surface area contributed by atoms with Gasteiger partial charge in [0.15, 0.2) is 11.5 Å². The molecular weight excluding hydrogens is 370 g/mol. The van der Waals surface area contributed by atoms with Gasteiger partial charge in [0.05, 0.1) is 5.54 Å². The molecule has 1 saturated heterocycles. The number of nitrogens with zero attached hydrogens (tertiary/aromatic N) is 1. The van der Waals surface area contributed by atoms with Gasteiger partial charge < -0.3 is 25.4 Å². The van der Waals surface area contributed by atoms with Crippen LogP contribution in [0, 0.1) is 5.92 Å². The minimum absolute atomic E-state index is 0.